The molecule has 1 aromatic rings. The van der Waals surface area contributed by atoms with Crippen LogP contribution in [0.1, 0.15) is 16.8 Å². The first kappa shape index (κ1) is 10.9. The zero-order valence-electron chi connectivity index (χ0n) is 8.56. The molecule has 1 atom stereocenters. The lowest BCUT2D eigenvalue weighted by molar-refractivity contribution is 0.0761. The number of rotatable bonds is 1. The van der Waals surface area contributed by atoms with Crippen molar-refractivity contribution >= 4 is 5.91 Å². The van der Waals surface area contributed by atoms with Gasteiger partial charge in [-0.05, 0) is 24.6 Å². The minimum Gasteiger partial charge on any atom is -0.507 e. The lowest BCUT2D eigenvalue weighted by atomic mass is 10.1. The Morgan fingerprint density at radius 2 is 2.25 bits per heavy atom. The highest BCUT2D eigenvalue weighted by atomic mass is 19.1. The molecule has 0 aliphatic carbocycles. The summed E-state index contributed by atoms with van der Waals surface area (Å²) in [5.41, 5.74) is -0.0610. The number of aliphatic hydroxyl groups excluding tert-OH is 1. The number of phenols is 1. The molecule has 0 radical (unpaired) electrons. The van der Waals surface area contributed by atoms with Crippen LogP contribution in [0.2, 0.25) is 0 Å². The Hall–Kier alpha value is -1.62. The third-order valence-corrected chi connectivity index (χ3v) is 2.64. The van der Waals surface area contributed by atoms with Crippen molar-refractivity contribution in [1.29, 1.82) is 0 Å². The molecule has 1 amide bonds. The Morgan fingerprint density at radius 3 is 2.88 bits per heavy atom. The van der Waals surface area contributed by atoms with Crippen LogP contribution in [0.4, 0.5) is 4.39 Å². The maximum Gasteiger partial charge on any atom is 0.257 e. The van der Waals surface area contributed by atoms with Gasteiger partial charge in [-0.1, -0.05) is 0 Å². The second-order valence-electron chi connectivity index (χ2n) is 3.86. The average Bonchev–Trinajstić information content (AvgIpc) is 2.67. The van der Waals surface area contributed by atoms with Crippen molar-refractivity contribution in [3.63, 3.8) is 0 Å². The number of β-amino-alcohol motifs (C(OH)–C–C–N with tert-alkyl or cyclic N) is 1. The topological polar surface area (TPSA) is 60.8 Å². The molecule has 1 saturated heterocycles. The number of benzene rings is 1. The standard InChI is InChI=1S/C11H12FNO3/c12-7-1-2-10(15)9(5-7)11(16)13-4-3-8(14)6-13/h1-2,5,8,14-15H,3-4,6H2. The molecule has 1 aliphatic heterocycles. The fourth-order valence-corrected chi connectivity index (χ4v) is 1.78. The first-order chi connectivity index (χ1) is 7.58. The number of hydrogen-bond acceptors (Lipinski definition) is 3. The van der Waals surface area contributed by atoms with E-state index in [4.69, 9.17) is 0 Å². The number of carbonyl (C=O) groups excluding carboxylic acids is 1. The largest absolute Gasteiger partial charge is 0.507 e. The first-order valence-electron chi connectivity index (χ1n) is 5.04. The number of likely N-dealkylation sites (tertiary alicyclic amines) is 1. The Labute approximate surface area is 91.9 Å². The lowest BCUT2D eigenvalue weighted by Crippen LogP contribution is -2.29. The number of aromatic hydroxyl groups is 1. The highest BCUT2D eigenvalue weighted by Gasteiger charge is 2.27. The summed E-state index contributed by atoms with van der Waals surface area (Å²) in [7, 11) is 0. The van der Waals surface area contributed by atoms with E-state index in [-0.39, 0.29) is 17.9 Å². The van der Waals surface area contributed by atoms with Gasteiger partial charge in [-0.2, -0.15) is 0 Å². The smallest absolute Gasteiger partial charge is 0.257 e. The van der Waals surface area contributed by atoms with Crippen LogP contribution in [0.25, 0.3) is 0 Å². The normalized spacial score (nSPS) is 20.1. The van der Waals surface area contributed by atoms with Gasteiger partial charge in [-0.25, -0.2) is 4.39 Å². The summed E-state index contributed by atoms with van der Waals surface area (Å²) in [4.78, 5) is 13.3. The molecule has 2 N–H and O–H groups in total. The Morgan fingerprint density at radius 1 is 1.50 bits per heavy atom. The zero-order chi connectivity index (χ0) is 11.7. The number of aliphatic hydroxyl groups is 1. The van der Waals surface area contributed by atoms with Gasteiger partial charge < -0.3 is 15.1 Å². The number of hydrogen-bond donors (Lipinski definition) is 2. The second-order valence-corrected chi connectivity index (χ2v) is 3.86. The van der Waals surface area contributed by atoms with Crippen LogP contribution >= 0.6 is 0 Å². The SMILES string of the molecule is O=C(c1cc(F)ccc1O)N1CCC(O)C1. The summed E-state index contributed by atoms with van der Waals surface area (Å²) in [6.07, 6.45) is -0.0124. The Balaban J connectivity index is 2.23. The van der Waals surface area contributed by atoms with Crippen LogP contribution in [-0.4, -0.2) is 40.2 Å². The molecule has 5 heteroatoms. The lowest BCUT2D eigenvalue weighted by Gasteiger charge is -2.16. The predicted octanol–water partition coefficient (Wildman–Crippen LogP) is 0.738. The van der Waals surface area contributed by atoms with Crippen molar-refractivity contribution in [1.82, 2.24) is 4.90 Å². The van der Waals surface area contributed by atoms with Gasteiger partial charge in [0.2, 0.25) is 0 Å². The molecule has 0 saturated carbocycles. The molecular weight excluding hydrogens is 213 g/mol. The number of amides is 1. The van der Waals surface area contributed by atoms with E-state index in [1.807, 2.05) is 0 Å². The fourth-order valence-electron chi connectivity index (χ4n) is 1.78. The summed E-state index contributed by atoms with van der Waals surface area (Å²) in [5.74, 6) is -1.26. The summed E-state index contributed by atoms with van der Waals surface area (Å²) in [5, 5.41) is 18.7. The molecule has 0 aromatic heterocycles. The van der Waals surface area contributed by atoms with Crippen molar-refractivity contribution in [2.24, 2.45) is 0 Å². The van der Waals surface area contributed by atoms with Crippen LogP contribution < -0.4 is 0 Å². The molecule has 1 aromatic carbocycles. The minimum absolute atomic E-state index is 0.0610. The van der Waals surface area contributed by atoms with Gasteiger partial charge in [0.05, 0.1) is 11.7 Å². The van der Waals surface area contributed by atoms with E-state index >= 15 is 0 Å². The predicted molar refractivity (Wildman–Crippen MR) is 54.6 cm³/mol. The number of halogens is 1. The molecule has 2 rings (SSSR count). The molecule has 0 bridgehead atoms. The van der Waals surface area contributed by atoms with Crippen molar-refractivity contribution in [2.45, 2.75) is 12.5 Å². The number of nitrogens with zero attached hydrogens (tertiary/aromatic N) is 1. The number of carbonyl (C=O) groups is 1. The van der Waals surface area contributed by atoms with Crippen LogP contribution in [0.3, 0.4) is 0 Å². The molecule has 86 valence electrons. The van der Waals surface area contributed by atoms with Crippen molar-refractivity contribution in [3.05, 3.63) is 29.6 Å². The highest BCUT2D eigenvalue weighted by Crippen LogP contribution is 2.21. The van der Waals surface area contributed by atoms with Gasteiger partial charge in [-0.3, -0.25) is 4.79 Å². The summed E-state index contributed by atoms with van der Waals surface area (Å²) in [6, 6.07) is 3.24. The average molecular weight is 225 g/mol. The maximum absolute atomic E-state index is 12.9. The van der Waals surface area contributed by atoms with Crippen LogP contribution in [0.5, 0.6) is 5.75 Å². The van der Waals surface area contributed by atoms with Gasteiger partial charge in [0.15, 0.2) is 0 Å². The molecule has 1 fully saturated rings. The minimum atomic E-state index is -0.569. The molecule has 0 spiro atoms. The van der Waals surface area contributed by atoms with E-state index in [1.165, 1.54) is 4.90 Å². The van der Waals surface area contributed by atoms with Crippen LogP contribution in [-0.2, 0) is 0 Å². The van der Waals surface area contributed by atoms with E-state index in [1.54, 1.807) is 0 Å². The van der Waals surface area contributed by atoms with Crippen molar-refractivity contribution in [2.75, 3.05) is 13.1 Å². The Kier molecular flexibility index (Phi) is 2.78. The van der Waals surface area contributed by atoms with E-state index in [9.17, 15) is 19.4 Å². The van der Waals surface area contributed by atoms with Crippen LogP contribution in [0.15, 0.2) is 18.2 Å². The quantitative estimate of drug-likeness (QED) is 0.741. The van der Waals surface area contributed by atoms with Gasteiger partial charge in [0, 0.05) is 13.1 Å². The molecule has 1 heterocycles. The fraction of sp³-hybridized carbons (Fsp3) is 0.364. The van der Waals surface area contributed by atoms with E-state index in [2.05, 4.69) is 0 Å². The van der Waals surface area contributed by atoms with Gasteiger partial charge in [0.1, 0.15) is 11.6 Å². The van der Waals surface area contributed by atoms with E-state index in [0.717, 1.165) is 18.2 Å². The monoisotopic (exact) mass is 225 g/mol. The van der Waals surface area contributed by atoms with E-state index in [0.29, 0.717) is 13.0 Å². The molecule has 1 aliphatic rings. The maximum atomic E-state index is 12.9. The summed E-state index contributed by atoms with van der Waals surface area (Å²) < 4.78 is 12.9. The third-order valence-electron chi connectivity index (χ3n) is 2.64. The molecule has 16 heavy (non-hydrogen) atoms. The third kappa shape index (κ3) is 1.99. The summed E-state index contributed by atoms with van der Waals surface area (Å²) in [6.45, 7) is 0.657. The summed E-state index contributed by atoms with van der Waals surface area (Å²) >= 11 is 0. The van der Waals surface area contributed by atoms with Gasteiger partial charge >= 0.3 is 0 Å². The Bertz CT molecular complexity index is 422. The van der Waals surface area contributed by atoms with Gasteiger partial charge in [0.25, 0.3) is 5.91 Å². The zero-order valence-corrected chi connectivity index (χ0v) is 8.56. The molecular formula is C11H12FNO3. The highest BCUT2D eigenvalue weighted by molar-refractivity contribution is 5.97. The van der Waals surface area contributed by atoms with Crippen molar-refractivity contribution in [3.8, 4) is 5.75 Å². The molecule has 4 nitrogen and oxygen atoms in total. The van der Waals surface area contributed by atoms with Gasteiger partial charge in [-0.15, -0.1) is 0 Å². The second kappa shape index (κ2) is 4.09. The number of phenolic OH excluding ortho intramolecular Hbond substituents is 1. The van der Waals surface area contributed by atoms with Crippen LogP contribution in [0, 0.1) is 5.82 Å². The molecule has 1 unspecified atom stereocenters. The van der Waals surface area contributed by atoms with E-state index < -0.39 is 17.8 Å². The van der Waals surface area contributed by atoms with Crippen molar-refractivity contribution < 1.29 is 19.4 Å². The first-order valence-corrected chi connectivity index (χ1v) is 5.04.